The molecule has 34 heavy (non-hydrogen) atoms. The number of fused-ring (bicyclic) bond motifs is 4. The van der Waals surface area contributed by atoms with Gasteiger partial charge in [-0.15, -0.1) is 0 Å². The predicted octanol–water partition coefficient (Wildman–Crippen LogP) is 3.59. The molecule has 3 heterocycles. The van der Waals surface area contributed by atoms with Crippen molar-refractivity contribution in [2.75, 3.05) is 18.4 Å². The minimum atomic E-state index is -3.69. The molecule has 0 unspecified atom stereocenters. The molecule has 2 aliphatic heterocycles. The second-order valence-electron chi connectivity index (χ2n) is 9.23. The molecule has 2 bridgehead atoms. The van der Waals surface area contributed by atoms with Crippen molar-refractivity contribution in [3.05, 3.63) is 82.3 Å². The maximum Gasteiger partial charge on any atom is 0.258 e. The van der Waals surface area contributed by atoms with E-state index in [9.17, 15) is 18.0 Å². The number of carbonyl (C=O) groups is 1. The number of rotatable bonds is 4. The number of hydrogen-bond donors (Lipinski definition) is 1. The van der Waals surface area contributed by atoms with Gasteiger partial charge >= 0.3 is 0 Å². The van der Waals surface area contributed by atoms with E-state index in [0.29, 0.717) is 30.9 Å². The first-order chi connectivity index (χ1) is 16.2. The molecule has 8 heteroatoms. The zero-order valence-electron chi connectivity index (χ0n) is 19.2. The molecule has 1 fully saturated rings. The molecule has 1 amide bonds. The van der Waals surface area contributed by atoms with E-state index >= 15 is 0 Å². The molecule has 2 atom stereocenters. The number of hydrogen-bond acceptors (Lipinski definition) is 4. The smallest absolute Gasteiger partial charge is 0.258 e. The van der Waals surface area contributed by atoms with E-state index in [-0.39, 0.29) is 28.2 Å². The lowest BCUT2D eigenvalue weighted by atomic mass is 9.83. The van der Waals surface area contributed by atoms with Gasteiger partial charge in [-0.3, -0.25) is 9.59 Å². The number of sulfonamides is 1. The van der Waals surface area contributed by atoms with Gasteiger partial charge in [-0.05, 0) is 66.8 Å². The van der Waals surface area contributed by atoms with E-state index in [2.05, 4.69) is 5.32 Å². The predicted molar refractivity (Wildman–Crippen MR) is 131 cm³/mol. The molecular weight excluding hydrogens is 450 g/mol. The van der Waals surface area contributed by atoms with Crippen LogP contribution in [0.2, 0.25) is 0 Å². The number of anilines is 1. The Bertz CT molecular complexity index is 1430. The number of piperidine rings is 1. The van der Waals surface area contributed by atoms with E-state index in [4.69, 9.17) is 0 Å². The Kier molecular flexibility index (Phi) is 5.65. The van der Waals surface area contributed by atoms with Crippen molar-refractivity contribution < 1.29 is 13.2 Å². The van der Waals surface area contributed by atoms with Gasteiger partial charge in [-0.1, -0.05) is 24.3 Å². The van der Waals surface area contributed by atoms with Crippen LogP contribution in [0.1, 0.15) is 30.5 Å². The Morgan fingerprint density at radius 2 is 1.68 bits per heavy atom. The number of pyridine rings is 1. The van der Waals surface area contributed by atoms with Crippen LogP contribution in [0.3, 0.4) is 0 Å². The van der Waals surface area contributed by atoms with Crippen LogP contribution in [0.5, 0.6) is 0 Å². The molecule has 1 aromatic heterocycles. The van der Waals surface area contributed by atoms with Gasteiger partial charge in [0.2, 0.25) is 15.9 Å². The second-order valence-corrected chi connectivity index (χ2v) is 11.2. The number of aryl methyl sites for hydroxylation is 1. The summed E-state index contributed by atoms with van der Waals surface area (Å²) in [5.41, 5.74) is 4.12. The quantitative estimate of drug-likeness (QED) is 0.622. The standard InChI is InChI=1S/C26H27N3O4S/c1-17-5-3-4-6-23(17)24-11-12-25-20-13-19(15-29(25)26(24)31)14-28(16-20)34(32,33)22-9-7-21(8-10-22)27-18(2)30/h3-12,19-20H,13-16H2,1-2H3,(H,27,30)/t19-,20+/m0/s1. The molecule has 2 aromatic carbocycles. The summed E-state index contributed by atoms with van der Waals surface area (Å²) in [6.07, 6.45) is 0.872. The molecule has 2 aliphatic rings. The maximum atomic E-state index is 13.4. The van der Waals surface area contributed by atoms with Gasteiger partial charge in [0, 0.05) is 49.4 Å². The van der Waals surface area contributed by atoms with E-state index in [0.717, 1.165) is 23.2 Å². The topological polar surface area (TPSA) is 88.5 Å². The third kappa shape index (κ3) is 3.97. The van der Waals surface area contributed by atoms with Crippen LogP contribution in [-0.4, -0.2) is 36.3 Å². The maximum absolute atomic E-state index is 13.4. The highest BCUT2D eigenvalue weighted by molar-refractivity contribution is 7.89. The lowest BCUT2D eigenvalue weighted by molar-refractivity contribution is -0.114. The van der Waals surface area contributed by atoms with Crippen molar-refractivity contribution in [1.82, 2.24) is 8.87 Å². The Morgan fingerprint density at radius 1 is 0.941 bits per heavy atom. The summed E-state index contributed by atoms with van der Waals surface area (Å²) in [5, 5.41) is 2.65. The monoisotopic (exact) mass is 477 g/mol. The van der Waals surface area contributed by atoms with Gasteiger partial charge in [0.05, 0.1) is 4.90 Å². The number of amides is 1. The highest BCUT2D eigenvalue weighted by atomic mass is 32.2. The SMILES string of the molecule is CC(=O)Nc1ccc(S(=O)(=O)N2C[C@@H]3C[C@H](C2)c2ccc(-c4ccccc4C)c(=O)n2C3)cc1. The molecule has 3 aromatic rings. The molecule has 176 valence electrons. The summed E-state index contributed by atoms with van der Waals surface area (Å²) in [7, 11) is -3.69. The molecule has 5 rings (SSSR count). The van der Waals surface area contributed by atoms with Crippen molar-refractivity contribution >= 4 is 21.6 Å². The number of aromatic nitrogens is 1. The largest absolute Gasteiger partial charge is 0.326 e. The summed E-state index contributed by atoms with van der Waals surface area (Å²) < 4.78 is 30.2. The van der Waals surface area contributed by atoms with E-state index < -0.39 is 10.0 Å². The normalized spacial score (nSPS) is 19.9. The minimum Gasteiger partial charge on any atom is -0.326 e. The molecule has 7 nitrogen and oxygen atoms in total. The van der Waals surface area contributed by atoms with Crippen molar-refractivity contribution in [3.8, 4) is 11.1 Å². The number of carbonyl (C=O) groups excluding carboxylic acids is 1. The number of benzene rings is 2. The van der Waals surface area contributed by atoms with Crippen molar-refractivity contribution in [2.24, 2.45) is 5.92 Å². The van der Waals surface area contributed by atoms with Crippen LogP contribution in [-0.2, 0) is 21.4 Å². The zero-order valence-corrected chi connectivity index (χ0v) is 20.0. The molecule has 0 spiro atoms. The van der Waals surface area contributed by atoms with Gasteiger partial charge in [-0.25, -0.2) is 8.42 Å². The van der Waals surface area contributed by atoms with Crippen LogP contribution >= 0.6 is 0 Å². The zero-order chi connectivity index (χ0) is 24.0. The van der Waals surface area contributed by atoms with Gasteiger partial charge in [0.1, 0.15) is 0 Å². The average Bonchev–Trinajstić information content (AvgIpc) is 2.80. The van der Waals surface area contributed by atoms with E-state index in [1.807, 2.05) is 47.9 Å². The van der Waals surface area contributed by atoms with Crippen molar-refractivity contribution in [3.63, 3.8) is 0 Å². The lowest BCUT2D eigenvalue weighted by Crippen LogP contribution is -2.49. The van der Waals surface area contributed by atoms with Gasteiger partial charge < -0.3 is 9.88 Å². The fourth-order valence-electron chi connectivity index (χ4n) is 5.24. The first kappa shape index (κ1) is 22.6. The van der Waals surface area contributed by atoms with Gasteiger partial charge in [0.25, 0.3) is 5.56 Å². The van der Waals surface area contributed by atoms with Crippen LogP contribution in [0.15, 0.2) is 70.4 Å². The van der Waals surface area contributed by atoms with E-state index in [1.54, 1.807) is 16.4 Å². The summed E-state index contributed by atoms with van der Waals surface area (Å²) >= 11 is 0. The number of nitrogens with zero attached hydrogens (tertiary/aromatic N) is 2. The van der Waals surface area contributed by atoms with Crippen LogP contribution in [0.4, 0.5) is 5.69 Å². The highest BCUT2D eigenvalue weighted by Gasteiger charge is 2.39. The van der Waals surface area contributed by atoms with Crippen molar-refractivity contribution in [2.45, 2.75) is 37.6 Å². The third-order valence-electron chi connectivity index (χ3n) is 6.82. The second kappa shape index (κ2) is 8.52. The molecule has 1 N–H and O–H groups in total. The molecule has 0 aliphatic carbocycles. The van der Waals surface area contributed by atoms with Gasteiger partial charge in [-0.2, -0.15) is 4.31 Å². The summed E-state index contributed by atoms with van der Waals surface area (Å²) in [4.78, 5) is 24.8. The number of nitrogens with one attached hydrogen (secondary N) is 1. The Hall–Kier alpha value is -3.23. The lowest BCUT2D eigenvalue weighted by Gasteiger charge is -2.42. The Balaban J connectivity index is 1.44. The van der Waals surface area contributed by atoms with Crippen LogP contribution < -0.4 is 10.9 Å². The van der Waals surface area contributed by atoms with Crippen LogP contribution in [0, 0.1) is 12.8 Å². The highest BCUT2D eigenvalue weighted by Crippen LogP contribution is 2.38. The fraction of sp³-hybridized carbons (Fsp3) is 0.308. The first-order valence-electron chi connectivity index (χ1n) is 11.4. The fourth-order valence-corrected chi connectivity index (χ4v) is 6.80. The minimum absolute atomic E-state index is 0.00799. The molecule has 0 radical (unpaired) electrons. The average molecular weight is 478 g/mol. The Labute approximate surface area is 199 Å². The molecule has 1 saturated heterocycles. The van der Waals surface area contributed by atoms with Crippen LogP contribution in [0.25, 0.3) is 11.1 Å². The van der Waals surface area contributed by atoms with E-state index in [1.165, 1.54) is 19.1 Å². The summed E-state index contributed by atoms with van der Waals surface area (Å²) in [5.74, 6) is -0.164. The molecule has 0 saturated carbocycles. The molecular formula is C26H27N3O4S. The summed E-state index contributed by atoms with van der Waals surface area (Å²) in [6, 6.07) is 18.0. The van der Waals surface area contributed by atoms with Crippen molar-refractivity contribution in [1.29, 1.82) is 0 Å². The third-order valence-corrected chi connectivity index (χ3v) is 8.66. The first-order valence-corrected chi connectivity index (χ1v) is 12.9. The van der Waals surface area contributed by atoms with Gasteiger partial charge in [0.15, 0.2) is 0 Å². The Morgan fingerprint density at radius 3 is 2.38 bits per heavy atom. The summed E-state index contributed by atoms with van der Waals surface area (Å²) in [6.45, 7) is 4.64.